The molecule has 0 saturated carbocycles. The number of aryl methyl sites for hydroxylation is 2. The van der Waals surface area contributed by atoms with E-state index in [4.69, 9.17) is 0 Å². The first-order valence-electron chi connectivity index (χ1n) is 6.60. The van der Waals surface area contributed by atoms with E-state index >= 15 is 0 Å². The molecule has 20 heavy (non-hydrogen) atoms. The summed E-state index contributed by atoms with van der Waals surface area (Å²) in [5.74, 6) is 0.244. The topological polar surface area (TPSA) is 34.1 Å². The van der Waals surface area contributed by atoms with E-state index < -0.39 is 0 Å². The van der Waals surface area contributed by atoms with Gasteiger partial charge < -0.3 is 9.59 Å². The minimum Gasteiger partial charge on any atom is -0.310 e. The normalized spacial score (nSPS) is 10.1. The number of carbonyl (C=O) groups excluding carboxylic acids is 2. The van der Waals surface area contributed by atoms with Gasteiger partial charge in [0.05, 0.1) is 5.78 Å². The van der Waals surface area contributed by atoms with Crippen LogP contribution in [0.2, 0.25) is 0 Å². The molecule has 2 nitrogen and oxygen atoms in total. The number of Topliss-reactive ketones (excluding diaryl/α,β-unsaturated/α-hetero) is 2. The summed E-state index contributed by atoms with van der Waals surface area (Å²) in [6, 6.07) is 11.7. The first-order valence-corrected chi connectivity index (χ1v) is 6.60. The summed E-state index contributed by atoms with van der Waals surface area (Å²) in [6.45, 7) is 3.19. The Kier molecular flexibility index (Phi) is 6.12. The Morgan fingerprint density at radius 3 is 2.50 bits per heavy atom. The van der Waals surface area contributed by atoms with Gasteiger partial charge in [-0.25, -0.2) is 18.2 Å². The third-order valence-corrected chi connectivity index (χ3v) is 3.42. The van der Waals surface area contributed by atoms with Gasteiger partial charge in [-0.1, -0.05) is 24.8 Å². The van der Waals surface area contributed by atoms with E-state index in [1.807, 2.05) is 36.4 Å². The van der Waals surface area contributed by atoms with Crippen molar-refractivity contribution in [3.8, 4) is 0 Å². The Morgan fingerprint density at radius 1 is 1.15 bits per heavy atom. The van der Waals surface area contributed by atoms with Crippen molar-refractivity contribution >= 4 is 11.6 Å². The average molecular weight is 310 g/mol. The molecule has 3 heteroatoms. The maximum absolute atomic E-state index is 11.4. The van der Waals surface area contributed by atoms with Gasteiger partial charge in [-0.15, -0.1) is 5.56 Å². The van der Waals surface area contributed by atoms with Gasteiger partial charge >= 0.3 is 0 Å². The maximum Gasteiger partial charge on any atom is 0.105 e. The standard InChI is InChI=1S/C17H18O2.Fe/c1-12(18)16-10-9-14(11-16)5-3-6-15-7-4-8-17(15)13(2)19;/h4,7-11H,3,5-6H2,1-2H3;/q-2;. The first kappa shape index (κ1) is 16.6. The molecule has 0 N–H and O–H groups in total. The van der Waals surface area contributed by atoms with E-state index in [0.29, 0.717) is 0 Å². The molecule has 0 heterocycles. The van der Waals surface area contributed by atoms with Gasteiger partial charge in [-0.3, -0.25) is 0 Å². The third-order valence-electron chi connectivity index (χ3n) is 3.42. The van der Waals surface area contributed by atoms with Gasteiger partial charge in [0.2, 0.25) is 0 Å². The van der Waals surface area contributed by atoms with Crippen LogP contribution in [-0.2, 0) is 29.9 Å². The molecule has 0 fully saturated rings. The van der Waals surface area contributed by atoms with E-state index in [1.54, 1.807) is 13.8 Å². The zero-order valence-corrected chi connectivity index (χ0v) is 12.9. The zero-order valence-electron chi connectivity index (χ0n) is 11.8. The van der Waals surface area contributed by atoms with Gasteiger partial charge in [0, 0.05) is 17.1 Å². The van der Waals surface area contributed by atoms with Gasteiger partial charge in [0.1, 0.15) is 5.78 Å². The quantitative estimate of drug-likeness (QED) is 0.463. The second kappa shape index (κ2) is 7.37. The minimum atomic E-state index is 0. The summed E-state index contributed by atoms with van der Waals surface area (Å²) in [5, 5.41) is 0. The van der Waals surface area contributed by atoms with Crippen molar-refractivity contribution in [2.75, 3.05) is 0 Å². The fourth-order valence-electron chi connectivity index (χ4n) is 2.37. The molecule has 2 aromatic carbocycles. The monoisotopic (exact) mass is 310 g/mol. The number of rotatable bonds is 6. The van der Waals surface area contributed by atoms with Crippen molar-refractivity contribution in [1.29, 1.82) is 0 Å². The summed E-state index contributed by atoms with van der Waals surface area (Å²) >= 11 is 0. The van der Waals surface area contributed by atoms with E-state index in [0.717, 1.165) is 36.0 Å². The van der Waals surface area contributed by atoms with Crippen LogP contribution in [0.15, 0.2) is 36.4 Å². The van der Waals surface area contributed by atoms with Gasteiger partial charge in [-0.2, -0.15) is 29.3 Å². The third kappa shape index (κ3) is 4.03. The molecule has 0 aliphatic rings. The van der Waals surface area contributed by atoms with Crippen molar-refractivity contribution in [3.63, 3.8) is 0 Å². The summed E-state index contributed by atoms with van der Waals surface area (Å²) in [6.07, 6.45) is 2.84. The summed E-state index contributed by atoms with van der Waals surface area (Å²) in [7, 11) is 0. The average Bonchev–Trinajstić information content (AvgIpc) is 2.97. The molecular weight excluding hydrogens is 292 g/mol. The smallest absolute Gasteiger partial charge is 0.105 e. The van der Waals surface area contributed by atoms with Crippen LogP contribution in [0.1, 0.15) is 52.1 Å². The minimum absolute atomic E-state index is 0. The Bertz CT molecular complexity index is 590. The molecule has 108 valence electrons. The SMILES string of the molecule is CC(=O)c1cc[c-](CCCc2ccc[c-]2C(C)=O)c1.[Fe]. The van der Waals surface area contributed by atoms with E-state index in [2.05, 4.69) is 0 Å². The predicted octanol–water partition coefficient (Wildman–Crippen LogP) is 3.70. The molecule has 0 saturated heterocycles. The zero-order chi connectivity index (χ0) is 13.8. The van der Waals surface area contributed by atoms with Crippen LogP contribution in [-0.4, -0.2) is 11.6 Å². The number of ketones is 2. The van der Waals surface area contributed by atoms with Crippen LogP contribution in [0.5, 0.6) is 0 Å². The second-order valence-corrected chi connectivity index (χ2v) is 4.94. The Balaban J connectivity index is 0.00000200. The maximum atomic E-state index is 11.4. The molecule has 0 unspecified atom stereocenters. The molecule has 0 spiro atoms. The van der Waals surface area contributed by atoms with Crippen molar-refractivity contribution in [3.05, 3.63) is 58.7 Å². The molecule has 0 aliphatic carbocycles. The van der Waals surface area contributed by atoms with Crippen LogP contribution >= 0.6 is 0 Å². The van der Waals surface area contributed by atoms with Crippen LogP contribution in [0, 0.1) is 0 Å². The first-order chi connectivity index (χ1) is 9.08. The van der Waals surface area contributed by atoms with E-state index in [-0.39, 0.29) is 28.6 Å². The summed E-state index contributed by atoms with van der Waals surface area (Å²) in [4.78, 5) is 22.6. The van der Waals surface area contributed by atoms with E-state index in [1.165, 1.54) is 5.56 Å². The molecule has 0 radical (unpaired) electrons. The molecular formula is C17H18FeO2-2. The van der Waals surface area contributed by atoms with Gasteiger partial charge in [-0.05, 0) is 13.8 Å². The molecule has 0 atom stereocenters. The summed E-state index contributed by atoms with van der Waals surface area (Å²) < 4.78 is 0. The second-order valence-electron chi connectivity index (χ2n) is 4.94. The molecule has 2 rings (SSSR count). The van der Waals surface area contributed by atoms with Gasteiger partial charge in [0.15, 0.2) is 0 Å². The summed E-state index contributed by atoms with van der Waals surface area (Å²) in [5.41, 5.74) is 3.95. The van der Waals surface area contributed by atoms with Crippen LogP contribution in [0.4, 0.5) is 0 Å². The van der Waals surface area contributed by atoms with E-state index in [9.17, 15) is 9.59 Å². The Morgan fingerprint density at radius 2 is 1.90 bits per heavy atom. The molecule has 0 aromatic heterocycles. The van der Waals surface area contributed by atoms with Crippen LogP contribution in [0.3, 0.4) is 0 Å². The molecule has 0 aliphatic heterocycles. The van der Waals surface area contributed by atoms with Crippen LogP contribution in [0.25, 0.3) is 0 Å². The molecule has 0 bridgehead atoms. The fourth-order valence-corrected chi connectivity index (χ4v) is 2.37. The molecule has 2 aromatic rings. The van der Waals surface area contributed by atoms with Crippen LogP contribution < -0.4 is 0 Å². The number of hydrogen-bond acceptors (Lipinski definition) is 2. The predicted molar refractivity (Wildman–Crippen MR) is 76.1 cm³/mol. The van der Waals surface area contributed by atoms with Gasteiger partial charge in [0.25, 0.3) is 0 Å². The molecule has 0 amide bonds. The van der Waals surface area contributed by atoms with Crippen molar-refractivity contribution in [1.82, 2.24) is 0 Å². The largest absolute Gasteiger partial charge is 0.310 e. The number of hydrogen-bond donors (Lipinski definition) is 0. The van der Waals surface area contributed by atoms with Crippen molar-refractivity contribution in [2.45, 2.75) is 33.1 Å². The number of carbonyl (C=O) groups is 2. The fraction of sp³-hybridized carbons (Fsp3) is 0.294. The van der Waals surface area contributed by atoms with Crippen molar-refractivity contribution < 1.29 is 26.7 Å². The van der Waals surface area contributed by atoms with Crippen molar-refractivity contribution in [2.24, 2.45) is 0 Å². The Hall–Kier alpha value is -1.44. The Labute approximate surface area is 130 Å².